The second-order valence-corrected chi connectivity index (χ2v) is 9.15. The summed E-state index contributed by atoms with van der Waals surface area (Å²) in [6, 6.07) is 5.73. The normalized spacial score (nSPS) is 22.4. The first kappa shape index (κ1) is 18.6. The zero-order valence-corrected chi connectivity index (χ0v) is 16.3. The van der Waals surface area contributed by atoms with Gasteiger partial charge < -0.3 is 15.1 Å². The number of benzene rings is 1. The maximum atomic E-state index is 13.3. The van der Waals surface area contributed by atoms with Crippen LogP contribution in [-0.2, 0) is 4.79 Å². The number of hydrogen-bond donors (Lipinski definition) is 1. The first-order valence-corrected chi connectivity index (χ1v) is 10.8. The number of halogens is 1. The summed E-state index contributed by atoms with van der Waals surface area (Å²) in [4.78, 5) is 29.3. The number of piperidine rings is 1. The summed E-state index contributed by atoms with van der Waals surface area (Å²) in [6.45, 7) is 2.06. The Morgan fingerprint density at radius 2 is 1.89 bits per heavy atom. The van der Waals surface area contributed by atoms with E-state index < -0.39 is 0 Å². The van der Waals surface area contributed by atoms with Gasteiger partial charge in [0.05, 0.1) is 4.87 Å². The molecule has 1 saturated carbocycles. The Morgan fingerprint density at radius 1 is 1.15 bits per heavy atom. The summed E-state index contributed by atoms with van der Waals surface area (Å²) < 4.78 is 13.3. The lowest BCUT2D eigenvalue weighted by atomic mass is 9.99. The molecule has 2 saturated heterocycles. The molecular formula is C20H26FN3O2S. The number of rotatable bonds is 2. The molecule has 1 N–H and O–H groups in total. The number of urea groups is 1. The minimum atomic E-state index is -0.367. The van der Waals surface area contributed by atoms with Gasteiger partial charge in [0.15, 0.2) is 0 Å². The molecule has 4 rings (SSSR count). The molecule has 0 radical (unpaired) electrons. The molecule has 2 heterocycles. The van der Waals surface area contributed by atoms with E-state index in [0.717, 1.165) is 38.0 Å². The smallest absolute Gasteiger partial charge is 0.321 e. The van der Waals surface area contributed by atoms with E-state index in [-0.39, 0.29) is 22.6 Å². The maximum Gasteiger partial charge on any atom is 0.321 e. The number of carbonyl (C=O) groups is 2. The number of nitrogens with one attached hydrogen (secondary N) is 1. The highest BCUT2D eigenvalue weighted by Crippen LogP contribution is 2.45. The van der Waals surface area contributed by atoms with Crippen molar-refractivity contribution in [2.24, 2.45) is 5.92 Å². The van der Waals surface area contributed by atoms with E-state index in [1.54, 1.807) is 17.0 Å². The fourth-order valence-electron chi connectivity index (χ4n) is 4.55. The van der Waals surface area contributed by atoms with Crippen molar-refractivity contribution in [3.05, 3.63) is 30.1 Å². The molecule has 7 heteroatoms. The monoisotopic (exact) mass is 391 g/mol. The zero-order valence-electron chi connectivity index (χ0n) is 15.5. The van der Waals surface area contributed by atoms with E-state index in [0.29, 0.717) is 24.7 Å². The van der Waals surface area contributed by atoms with Crippen LogP contribution in [0.1, 0.15) is 38.5 Å². The van der Waals surface area contributed by atoms with E-state index in [2.05, 4.69) is 10.2 Å². The zero-order chi connectivity index (χ0) is 18.9. The van der Waals surface area contributed by atoms with Crippen LogP contribution in [0.5, 0.6) is 0 Å². The van der Waals surface area contributed by atoms with Crippen molar-refractivity contribution in [2.75, 3.05) is 30.7 Å². The van der Waals surface area contributed by atoms with Crippen LogP contribution in [0, 0.1) is 11.7 Å². The lowest BCUT2D eigenvalue weighted by molar-refractivity contribution is -0.138. The summed E-state index contributed by atoms with van der Waals surface area (Å²) in [5, 5.41) is 2.77. The van der Waals surface area contributed by atoms with Crippen molar-refractivity contribution in [3.63, 3.8) is 0 Å². The quantitative estimate of drug-likeness (QED) is 0.831. The van der Waals surface area contributed by atoms with Gasteiger partial charge in [0, 0.05) is 37.0 Å². The Bertz CT molecular complexity index is 715. The number of likely N-dealkylation sites (tertiary alicyclic amines) is 1. The van der Waals surface area contributed by atoms with Gasteiger partial charge in [-0.2, -0.15) is 0 Å². The molecule has 3 amide bonds. The van der Waals surface area contributed by atoms with E-state index in [9.17, 15) is 14.0 Å². The average Bonchev–Trinajstić information content (AvgIpc) is 3.32. The first-order chi connectivity index (χ1) is 13.1. The highest BCUT2D eigenvalue weighted by Gasteiger charge is 2.48. The SMILES string of the molecule is O=C(Nc1cccc(F)c1)N1CCC2(CC1)SCCN2C(=O)C1CCCC1. The number of anilines is 1. The third-order valence-electron chi connectivity index (χ3n) is 6.06. The van der Waals surface area contributed by atoms with Crippen LogP contribution < -0.4 is 5.32 Å². The molecule has 0 bridgehead atoms. The third-order valence-corrected chi connectivity index (χ3v) is 7.61. The molecule has 1 aromatic rings. The number of carbonyl (C=O) groups excluding carboxylic acids is 2. The minimum Gasteiger partial charge on any atom is -0.327 e. The van der Waals surface area contributed by atoms with Gasteiger partial charge in [-0.1, -0.05) is 18.9 Å². The molecule has 0 atom stereocenters. The molecule has 1 spiro atoms. The summed E-state index contributed by atoms with van der Waals surface area (Å²) >= 11 is 1.88. The number of hydrogen-bond acceptors (Lipinski definition) is 3. The van der Waals surface area contributed by atoms with Gasteiger partial charge in [0.1, 0.15) is 5.82 Å². The first-order valence-electron chi connectivity index (χ1n) is 9.84. The van der Waals surface area contributed by atoms with Crippen LogP contribution in [0.3, 0.4) is 0 Å². The fraction of sp³-hybridized carbons (Fsp3) is 0.600. The predicted molar refractivity (Wildman–Crippen MR) is 105 cm³/mol. The van der Waals surface area contributed by atoms with Gasteiger partial charge in [0.25, 0.3) is 0 Å². The number of nitrogens with zero attached hydrogens (tertiary/aromatic N) is 2. The molecule has 146 valence electrons. The van der Waals surface area contributed by atoms with Gasteiger partial charge in [-0.05, 0) is 43.9 Å². The van der Waals surface area contributed by atoms with Crippen LogP contribution in [-0.4, -0.2) is 52.0 Å². The van der Waals surface area contributed by atoms with Gasteiger partial charge in [0.2, 0.25) is 5.91 Å². The molecular weight excluding hydrogens is 365 g/mol. The highest BCUT2D eigenvalue weighted by atomic mass is 32.2. The molecule has 0 unspecified atom stereocenters. The predicted octanol–water partition coefficient (Wildman–Crippen LogP) is 3.92. The van der Waals surface area contributed by atoms with Crippen molar-refractivity contribution in [3.8, 4) is 0 Å². The summed E-state index contributed by atoms with van der Waals surface area (Å²) in [5.74, 6) is 1.15. The number of amides is 3. The average molecular weight is 392 g/mol. The van der Waals surface area contributed by atoms with Crippen LogP contribution in [0.2, 0.25) is 0 Å². The molecule has 0 aromatic heterocycles. The summed E-state index contributed by atoms with van der Waals surface area (Å²) in [5.41, 5.74) is 0.466. The Hall–Kier alpha value is -1.76. The maximum absolute atomic E-state index is 13.3. The van der Waals surface area contributed by atoms with Crippen LogP contribution >= 0.6 is 11.8 Å². The van der Waals surface area contributed by atoms with E-state index >= 15 is 0 Å². The minimum absolute atomic E-state index is 0.144. The van der Waals surface area contributed by atoms with Crippen molar-refractivity contribution < 1.29 is 14.0 Å². The fourth-order valence-corrected chi connectivity index (χ4v) is 6.02. The van der Waals surface area contributed by atoms with E-state index in [4.69, 9.17) is 0 Å². The Morgan fingerprint density at radius 3 is 2.59 bits per heavy atom. The molecule has 1 aromatic carbocycles. The Kier molecular flexibility index (Phi) is 5.30. The largest absolute Gasteiger partial charge is 0.327 e. The van der Waals surface area contributed by atoms with Crippen molar-refractivity contribution in [1.82, 2.24) is 9.80 Å². The lowest BCUT2D eigenvalue weighted by Crippen LogP contribution is -2.55. The van der Waals surface area contributed by atoms with Gasteiger partial charge in [-0.15, -0.1) is 11.8 Å². The summed E-state index contributed by atoms with van der Waals surface area (Å²) in [7, 11) is 0. The third kappa shape index (κ3) is 3.79. The molecule has 2 aliphatic heterocycles. The van der Waals surface area contributed by atoms with E-state index in [1.807, 2.05) is 11.8 Å². The van der Waals surface area contributed by atoms with E-state index in [1.165, 1.54) is 25.0 Å². The molecule has 27 heavy (non-hydrogen) atoms. The Labute approximate surface area is 163 Å². The summed E-state index contributed by atoms with van der Waals surface area (Å²) in [6.07, 6.45) is 5.98. The molecule has 5 nitrogen and oxygen atoms in total. The van der Waals surface area contributed by atoms with Crippen LogP contribution in [0.4, 0.5) is 14.9 Å². The van der Waals surface area contributed by atoms with Gasteiger partial charge in [-0.25, -0.2) is 9.18 Å². The molecule has 3 aliphatic rings. The molecule has 3 fully saturated rings. The van der Waals surface area contributed by atoms with Crippen LogP contribution in [0.25, 0.3) is 0 Å². The van der Waals surface area contributed by atoms with Crippen LogP contribution in [0.15, 0.2) is 24.3 Å². The highest BCUT2D eigenvalue weighted by molar-refractivity contribution is 8.00. The Balaban J connectivity index is 1.37. The molecule has 1 aliphatic carbocycles. The number of thioether (sulfide) groups is 1. The van der Waals surface area contributed by atoms with Gasteiger partial charge in [-0.3, -0.25) is 4.79 Å². The van der Waals surface area contributed by atoms with Crippen molar-refractivity contribution >= 4 is 29.4 Å². The van der Waals surface area contributed by atoms with Crippen molar-refractivity contribution in [2.45, 2.75) is 43.4 Å². The van der Waals surface area contributed by atoms with Crippen molar-refractivity contribution in [1.29, 1.82) is 0 Å². The standard InChI is InChI=1S/C20H26FN3O2S/c21-16-6-3-7-17(14-16)22-19(26)23-10-8-20(9-11-23)24(12-13-27-20)18(25)15-4-1-2-5-15/h3,6-7,14-15H,1-2,4-5,8-13H2,(H,22,26). The second-order valence-electron chi connectivity index (χ2n) is 7.69. The van der Waals surface area contributed by atoms with Gasteiger partial charge >= 0.3 is 6.03 Å². The topological polar surface area (TPSA) is 52.7 Å². The lowest BCUT2D eigenvalue weighted by Gasteiger charge is -2.44. The second kappa shape index (κ2) is 7.70.